The Morgan fingerprint density at radius 2 is 1.77 bits per heavy atom. The van der Waals surface area contributed by atoms with Crippen LogP contribution in [-0.4, -0.2) is 29.2 Å². The number of rotatable bonds is 4. The van der Waals surface area contributed by atoms with Crippen LogP contribution in [0.15, 0.2) is 54.6 Å². The molecule has 1 aliphatic carbocycles. The van der Waals surface area contributed by atoms with Gasteiger partial charge in [-0.25, -0.2) is 0 Å². The summed E-state index contributed by atoms with van der Waals surface area (Å²) in [5, 5.41) is 2.78. The molecule has 0 bridgehead atoms. The van der Waals surface area contributed by atoms with Gasteiger partial charge < -0.3 is 5.32 Å². The highest BCUT2D eigenvalue weighted by atomic mass is 16.2. The van der Waals surface area contributed by atoms with Crippen LogP contribution in [0.25, 0.3) is 0 Å². The molecule has 26 heavy (non-hydrogen) atoms. The first-order valence-corrected chi connectivity index (χ1v) is 8.88. The highest BCUT2D eigenvalue weighted by Crippen LogP contribution is 2.46. The molecule has 1 atom stereocenters. The van der Waals surface area contributed by atoms with Gasteiger partial charge in [-0.05, 0) is 36.1 Å². The number of nitrogens with zero attached hydrogens (tertiary/aromatic N) is 1. The molecule has 3 amide bonds. The number of para-hydroxylation sites is 1. The Bertz CT molecular complexity index is 878. The van der Waals surface area contributed by atoms with Gasteiger partial charge in [0.25, 0.3) is 0 Å². The smallest absolute Gasteiger partial charge is 0.240 e. The van der Waals surface area contributed by atoms with Crippen molar-refractivity contribution in [1.29, 1.82) is 0 Å². The van der Waals surface area contributed by atoms with E-state index >= 15 is 0 Å². The van der Waals surface area contributed by atoms with E-state index in [0.717, 1.165) is 17.5 Å². The monoisotopic (exact) mass is 348 g/mol. The quantitative estimate of drug-likeness (QED) is 0.864. The Labute approximate surface area is 152 Å². The van der Waals surface area contributed by atoms with Gasteiger partial charge in [0.1, 0.15) is 0 Å². The van der Waals surface area contributed by atoms with E-state index in [1.54, 1.807) is 12.1 Å². The molecule has 1 saturated heterocycles. The Kier molecular flexibility index (Phi) is 4.07. The number of hydrogen-bond acceptors (Lipinski definition) is 3. The minimum atomic E-state index is -0.719. The van der Waals surface area contributed by atoms with Crippen LogP contribution >= 0.6 is 0 Å². The van der Waals surface area contributed by atoms with Crippen molar-refractivity contribution in [2.45, 2.75) is 31.1 Å². The summed E-state index contributed by atoms with van der Waals surface area (Å²) >= 11 is 0. The average Bonchev–Trinajstić information content (AvgIpc) is 3.13. The van der Waals surface area contributed by atoms with E-state index in [2.05, 4.69) is 5.32 Å². The maximum absolute atomic E-state index is 13.0. The minimum Gasteiger partial charge on any atom is -0.326 e. The zero-order valence-corrected chi connectivity index (χ0v) is 14.4. The van der Waals surface area contributed by atoms with Crippen LogP contribution in [0, 0.1) is 0 Å². The van der Waals surface area contributed by atoms with Crippen LogP contribution in [0.5, 0.6) is 0 Å². The van der Waals surface area contributed by atoms with Crippen LogP contribution in [0.3, 0.4) is 0 Å². The summed E-state index contributed by atoms with van der Waals surface area (Å²) < 4.78 is 0. The van der Waals surface area contributed by atoms with E-state index in [1.807, 2.05) is 42.5 Å². The fourth-order valence-corrected chi connectivity index (χ4v) is 4.08. The fraction of sp³-hybridized carbons (Fsp3) is 0.286. The lowest BCUT2D eigenvalue weighted by molar-refractivity contribution is -0.140. The molecule has 0 radical (unpaired) electrons. The topological polar surface area (TPSA) is 66.5 Å². The zero-order chi connectivity index (χ0) is 18.1. The predicted octanol–water partition coefficient (Wildman–Crippen LogP) is 2.66. The van der Waals surface area contributed by atoms with Gasteiger partial charge in [-0.3, -0.25) is 19.3 Å². The third-order valence-electron chi connectivity index (χ3n) is 5.38. The number of hydrogen-bond donors (Lipinski definition) is 1. The molecule has 2 aliphatic rings. The second-order valence-corrected chi connectivity index (χ2v) is 6.93. The third-order valence-corrected chi connectivity index (χ3v) is 5.38. The van der Waals surface area contributed by atoms with Gasteiger partial charge in [0, 0.05) is 25.1 Å². The molecule has 132 valence electrons. The molecule has 1 N–H and O–H groups in total. The number of anilines is 1. The van der Waals surface area contributed by atoms with E-state index in [9.17, 15) is 14.4 Å². The number of fused-ring (bicyclic) bond motifs is 2. The molecule has 4 rings (SSSR count). The van der Waals surface area contributed by atoms with Gasteiger partial charge in [0.15, 0.2) is 0 Å². The SMILES string of the molecule is O=C(CCN1C(=O)CC2(CCc3ccccc32)C1=O)Nc1ccccc1. The lowest BCUT2D eigenvalue weighted by atomic mass is 9.80. The molecule has 2 aromatic rings. The molecular formula is C21H20N2O3. The Morgan fingerprint density at radius 1 is 1.04 bits per heavy atom. The van der Waals surface area contributed by atoms with Gasteiger partial charge in [0.2, 0.25) is 17.7 Å². The van der Waals surface area contributed by atoms with Gasteiger partial charge in [-0.15, -0.1) is 0 Å². The third kappa shape index (κ3) is 2.69. The van der Waals surface area contributed by atoms with Gasteiger partial charge >= 0.3 is 0 Å². The number of nitrogens with one attached hydrogen (secondary N) is 1. The summed E-state index contributed by atoms with van der Waals surface area (Å²) in [4.78, 5) is 39.0. The van der Waals surface area contributed by atoms with Crippen LogP contribution in [0.2, 0.25) is 0 Å². The van der Waals surface area contributed by atoms with Crippen molar-refractivity contribution in [2.75, 3.05) is 11.9 Å². The minimum absolute atomic E-state index is 0.101. The number of imide groups is 1. The maximum Gasteiger partial charge on any atom is 0.240 e. The highest BCUT2D eigenvalue weighted by Gasteiger charge is 2.55. The molecule has 0 saturated carbocycles. The van der Waals surface area contributed by atoms with Gasteiger partial charge in [-0.2, -0.15) is 0 Å². The molecule has 1 fully saturated rings. The molecule has 1 heterocycles. The largest absolute Gasteiger partial charge is 0.326 e. The standard InChI is InChI=1S/C21H20N2O3/c24-18(22-16-7-2-1-3-8-16)11-13-23-19(25)14-21(20(23)26)12-10-15-6-4-5-9-17(15)21/h1-9H,10-14H2,(H,22,24). The average molecular weight is 348 g/mol. The van der Waals surface area contributed by atoms with Crippen LogP contribution in [-0.2, 0) is 26.2 Å². The molecule has 1 aliphatic heterocycles. The first-order chi connectivity index (χ1) is 12.6. The number of carbonyl (C=O) groups excluding carboxylic acids is 3. The van der Waals surface area contributed by atoms with Crippen LogP contribution < -0.4 is 5.32 Å². The molecule has 1 unspecified atom stereocenters. The zero-order valence-electron chi connectivity index (χ0n) is 14.4. The van der Waals surface area contributed by atoms with Crippen molar-refractivity contribution in [3.63, 3.8) is 0 Å². The number of aryl methyl sites for hydroxylation is 1. The van der Waals surface area contributed by atoms with Crippen molar-refractivity contribution in [3.8, 4) is 0 Å². The van der Waals surface area contributed by atoms with E-state index in [1.165, 1.54) is 4.90 Å². The fourth-order valence-electron chi connectivity index (χ4n) is 4.08. The first-order valence-electron chi connectivity index (χ1n) is 8.88. The lowest BCUT2D eigenvalue weighted by Crippen LogP contribution is -2.38. The predicted molar refractivity (Wildman–Crippen MR) is 97.5 cm³/mol. The summed E-state index contributed by atoms with van der Waals surface area (Å²) in [6.45, 7) is 0.125. The van der Waals surface area contributed by atoms with Crippen molar-refractivity contribution >= 4 is 23.4 Å². The molecule has 5 heteroatoms. The molecular weight excluding hydrogens is 328 g/mol. The summed E-state index contributed by atoms with van der Waals surface area (Å²) in [6, 6.07) is 17.0. The number of amides is 3. The van der Waals surface area contributed by atoms with Gasteiger partial charge in [0.05, 0.1) is 5.41 Å². The Hall–Kier alpha value is -2.95. The first kappa shape index (κ1) is 16.5. The molecule has 5 nitrogen and oxygen atoms in total. The van der Waals surface area contributed by atoms with Crippen molar-refractivity contribution in [3.05, 3.63) is 65.7 Å². The van der Waals surface area contributed by atoms with Gasteiger partial charge in [-0.1, -0.05) is 42.5 Å². The maximum atomic E-state index is 13.0. The normalized spacial score (nSPS) is 21.3. The number of benzene rings is 2. The van der Waals surface area contributed by atoms with Crippen molar-refractivity contribution < 1.29 is 14.4 Å². The van der Waals surface area contributed by atoms with E-state index in [0.29, 0.717) is 12.1 Å². The number of carbonyl (C=O) groups is 3. The van der Waals surface area contributed by atoms with Crippen LogP contribution in [0.1, 0.15) is 30.4 Å². The molecule has 2 aromatic carbocycles. The Morgan fingerprint density at radius 3 is 2.58 bits per heavy atom. The van der Waals surface area contributed by atoms with E-state index in [4.69, 9.17) is 0 Å². The summed E-state index contributed by atoms with van der Waals surface area (Å²) in [5.41, 5.74) is 2.12. The highest BCUT2D eigenvalue weighted by molar-refractivity contribution is 6.10. The number of likely N-dealkylation sites (tertiary alicyclic amines) is 1. The summed E-state index contributed by atoms with van der Waals surface area (Å²) in [7, 11) is 0. The lowest BCUT2D eigenvalue weighted by Gasteiger charge is -2.22. The Balaban J connectivity index is 1.45. The van der Waals surface area contributed by atoms with E-state index in [-0.39, 0.29) is 37.1 Å². The molecule has 1 spiro atoms. The van der Waals surface area contributed by atoms with Crippen molar-refractivity contribution in [2.24, 2.45) is 0 Å². The van der Waals surface area contributed by atoms with Crippen LogP contribution in [0.4, 0.5) is 5.69 Å². The molecule has 0 aromatic heterocycles. The summed E-state index contributed by atoms with van der Waals surface area (Å²) in [6.07, 6.45) is 1.80. The van der Waals surface area contributed by atoms with E-state index < -0.39 is 5.41 Å². The second-order valence-electron chi connectivity index (χ2n) is 6.93. The second kappa shape index (κ2) is 6.41. The van der Waals surface area contributed by atoms with Crippen molar-refractivity contribution in [1.82, 2.24) is 4.90 Å². The summed E-state index contributed by atoms with van der Waals surface area (Å²) in [5.74, 6) is -0.538.